The standard InChI is InChI=1S/C40H46ClN3O8S/c1-49-32-19-21-36(50-2)34(24-32)44(53(47,48)33-20-22-37(51-3)38(25-33)52-4)27-39(45)43(26-29-15-17-30(41)18-16-29)35(23-28-11-7-5-8-12-28)40(46)42-31-13-9-6-10-14-31/h5,7-8,11-12,15-22,24-25,31,35H,6,9-10,13-14,23,26-27H2,1-4H3,(H,42,46). The average molecular weight is 764 g/mol. The zero-order valence-electron chi connectivity index (χ0n) is 30.4. The van der Waals surface area contributed by atoms with Crippen LogP contribution >= 0.6 is 11.6 Å². The van der Waals surface area contributed by atoms with E-state index in [4.69, 9.17) is 30.5 Å². The summed E-state index contributed by atoms with van der Waals surface area (Å²) >= 11 is 6.22. The Morgan fingerprint density at radius 2 is 1.43 bits per heavy atom. The number of methoxy groups -OCH3 is 4. The van der Waals surface area contributed by atoms with Crippen LogP contribution in [0, 0.1) is 0 Å². The van der Waals surface area contributed by atoms with Crippen LogP contribution in [0.15, 0.2) is 95.9 Å². The second-order valence-electron chi connectivity index (χ2n) is 12.8. The van der Waals surface area contributed by atoms with E-state index >= 15 is 0 Å². The smallest absolute Gasteiger partial charge is 0.265 e. The Morgan fingerprint density at radius 1 is 0.774 bits per heavy atom. The maximum atomic E-state index is 15.0. The monoisotopic (exact) mass is 763 g/mol. The molecular weight excluding hydrogens is 718 g/mol. The van der Waals surface area contributed by atoms with Gasteiger partial charge >= 0.3 is 0 Å². The highest BCUT2D eigenvalue weighted by Gasteiger charge is 2.37. The van der Waals surface area contributed by atoms with Gasteiger partial charge in [0.2, 0.25) is 11.8 Å². The summed E-state index contributed by atoms with van der Waals surface area (Å²) in [4.78, 5) is 30.7. The van der Waals surface area contributed by atoms with Gasteiger partial charge < -0.3 is 29.2 Å². The number of hydrogen-bond acceptors (Lipinski definition) is 8. The third kappa shape index (κ3) is 9.74. The summed E-state index contributed by atoms with van der Waals surface area (Å²) in [6, 6.07) is 24.3. The number of nitrogens with one attached hydrogen (secondary N) is 1. The van der Waals surface area contributed by atoms with Gasteiger partial charge in [-0.3, -0.25) is 13.9 Å². The van der Waals surface area contributed by atoms with Crippen LogP contribution in [0.25, 0.3) is 0 Å². The van der Waals surface area contributed by atoms with Crippen molar-refractivity contribution in [1.29, 1.82) is 0 Å². The van der Waals surface area contributed by atoms with E-state index in [0.717, 1.165) is 42.0 Å². The molecule has 0 aromatic heterocycles. The average Bonchev–Trinajstić information content (AvgIpc) is 3.18. The van der Waals surface area contributed by atoms with Crippen LogP contribution in [-0.2, 0) is 32.6 Å². The molecule has 282 valence electrons. The summed E-state index contributed by atoms with van der Waals surface area (Å²) in [7, 11) is 1.21. The fourth-order valence-electron chi connectivity index (χ4n) is 6.49. The molecule has 1 fully saturated rings. The molecule has 1 N–H and O–H groups in total. The quantitative estimate of drug-likeness (QED) is 0.135. The van der Waals surface area contributed by atoms with Gasteiger partial charge in [-0.2, -0.15) is 0 Å². The number of hydrogen-bond donors (Lipinski definition) is 1. The number of benzene rings is 4. The highest BCUT2D eigenvalue weighted by molar-refractivity contribution is 7.92. The van der Waals surface area contributed by atoms with Gasteiger partial charge in [0.15, 0.2) is 11.5 Å². The second kappa shape index (κ2) is 18.2. The topological polar surface area (TPSA) is 124 Å². The molecule has 53 heavy (non-hydrogen) atoms. The minimum absolute atomic E-state index is 0.00504. The molecule has 4 aromatic carbocycles. The fourth-order valence-corrected chi connectivity index (χ4v) is 8.05. The minimum Gasteiger partial charge on any atom is -0.497 e. The van der Waals surface area contributed by atoms with E-state index in [2.05, 4.69) is 5.32 Å². The van der Waals surface area contributed by atoms with E-state index < -0.39 is 28.5 Å². The Morgan fingerprint density at radius 3 is 2.08 bits per heavy atom. The first-order valence-corrected chi connectivity index (χ1v) is 19.2. The SMILES string of the molecule is COc1ccc(OC)c(N(CC(=O)N(Cc2ccc(Cl)cc2)C(Cc2ccccc2)C(=O)NC2CCCCC2)S(=O)(=O)c2ccc(OC)c(OC)c2)c1. The lowest BCUT2D eigenvalue weighted by atomic mass is 9.94. The van der Waals surface area contributed by atoms with E-state index in [0.29, 0.717) is 22.1 Å². The predicted octanol–water partition coefficient (Wildman–Crippen LogP) is 6.66. The van der Waals surface area contributed by atoms with Crippen molar-refractivity contribution in [3.63, 3.8) is 0 Å². The van der Waals surface area contributed by atoms with Crippen molar-refractivity contribution in [1.82, 2.24) is 10.2 Å². The first-order chi connectivity index (χ1) is 25.6. The van der Waals surface area contributed by atoms with Gasteiger partial charge in [0.25, 0.3) is 10.0 Å². The lowest BCUT2D eigenvalue weighted by molar-refractivity contribution is -0.140. The van der Waals surface area contributed by atoms with Crippen LogP contribution in [0.3, 0.4) is 0 Å². The van der Waals surface area contributed by atoms with Gasteiger partial charge in [-0.15, -0.1) is 0 Å². The first kappa shape index (κ1) is 39.3. The zero-order chi connectivity index (χ0) is 38.0. The van der Waals surface area contributed by atoms with Crippen molar-refractivity contribution < 1.29 is 37.0 Å². The normalized spacial score (nSPS) is 13.8. The van der Waals surface area contributed by atoms with E-state index in [-0.39, 0.29) is 47.0 Å². The maximum absolute atomic E-state index is 15.0. The summed E-state index contributed by atoms with van der Waals surface area (Å²) in [5.74, 6) is 0.111. The Bertz CT molecular complexity index is 1950. The van der Waals surface area contributed by atoms with Crippen LogP contribution in [0.1, 0.15) is 43.2 Å². The number of ether oxygens (including phenoxy) is 4. The third-order valence-electron chi connectivity index (χ3n) is 9.37. The Kier molecular flexibility index (Phi) is 13.5. The summed E-state index contributed by atoms with van der Waals surface area (Å²) in [6.45, 7) is -0.680. The molecule has 0 spiro atoms. The fraction of sp³-hybridized carbons (Fsp3) is 0.350. The van der Waals surface area contributed by atoms with E-state index in [1.165, 1.54) is 57.6 Å². The first-order valence-electron chi connectivity index (χ1n) is 17.4. The lowest BCUT2D eigenvalue weighted by Gasteiger charge is -2.35. The highest BCUT2D eigenvalue weighted by Crippen LogP contribution is 2.38. The number of nitrogens with zero attached hydrogens (tertiary/aromatic N) is 2. The summed E-state index contributed by atoms with van der Waals surface area (Å²) in [5.41, 5.74) is 1.61. The van der Waals surface area contributed by atoms with Crippen molar-refractivity contribution in [2.75, 3.05) is 39.3 Å². The molecule has 0 saturated heterocycles. The van der Waals surface area contributed by atoms with Crippen molar-refractivity contribution in [2.24, 2.45) is 0 Å². The molecule has 1 aliphatic carbocycles. The van der Waals surface area contributed by atoms with Gasteiger partial charge in [0, 0.05) is 36.2 Å². The largest absolute Gasteiger partial charge is 0.497 e. The zero-order valence-corrected chi connectivity index (χ0v) is 32.0. The predicted molar refractivity (Wildman–Crippen MR) is 205 cm³/mol. The Balaban J connectivity index is 1.63. The van der Waals surface area contributed by atoms with Gasteiger partial charge in [-0.1, -0.05) is 73.3 Å². The molecular formula is C40H46ClN3O8S. The molecule has 13 heteroatoms. The summed E-state index contributed by atoms with van der Waals surface area (Å²) in [5, 5.41) is 3.73. The molecule has 5 rings (SSSR count). The molecule has 1 unspecified atom stereocenters. The van der Waals surface area contributed by atoms with Crippen molar-refractivity contribution >= 4 is 39.1 Å². The minimum atomic E-state index is -4.51. The molecule has 1 atom stereocenters. The van der Waals surface area contributed by atoms with Crippen LogP contribution in [0.2, 0.25) is 5.02 Å². The van der Waals surface area contributed by atoms with Gasteiger partial charge in [0.05, 0.1) is 39.0 Å². The number of carbonyl (C=O) groups is 2. The van der Waals surface area contributed by atoms with Crippen LogP contribution in [-0.4, -0.2) is 72.2 Å². The number of carbonyl (C=O) groups excluding carboxylic acids is 2. The number of amides is 2. The number of anilines is 1. The molecule has 1 saturated carbocycles. The molecule has 0 aliphatic heterocycles. The molecule has 0 radical (unpaired) electrons. The van der Waals surface area contributed by atoms with Crippen molar-refractivity contribution in [2.45, 2.75) is 62.0 Å². The van der Waals surface area contributed by atoms with E-state index in [1.54, 1.807) is 36.4 Å². The second-order valence-corrected chi connectivity index (χ2v) is 15.1. The van der Waals surface area contributed by atoms with E-state index in [1.807, 2.05) is 30.3 Å². The van der Waals surface area contributed by atoms with Gasteiger partial charge in [-0.05, 0) is 60.4 Å². The molecule has 2 amide bonds. The number of rotatable bonds is 16. The van der Waals surface area contributed by atoms with Gasteiger partial charge in [-0.25, -0.2) is 8.42 Å². The Labute approximate surface area is 316 Å². The molecule has 4 aromatic rings. The molecule has 0 heterocycles. The summed E-state index contributed by atoms with van der Waals surface area (Å²) in [6.07, 6.45) is 5.02. The Hall–Kier alpha value is -4.94. The summed E-state index contributed by atoms with van der Waals surface area (Å²) < 4.78 is 52.3. The van der Waals surface area contributed by atoms with E-state index in [9.17, 15) is 18.0 Å². The van der Waals surface area contributed by atoms with Gasteiger partial charge in [0.1, 0.15) is 24.1 Å². The molecule has 11 nitrogen and oxygen atoms in total. The lowest BCUT2D eigenvalue weighted by Crippen LogP contribution is -2.55. The number of halogens is 1. The van der Waals surface area contributed by atoms with Crippen LogP contribution in [0.5, 0.6) is 23.0 Å². The molecule has 0 bridgehead atoms. The van der Waals surface area contributed by atoms with Crippen LogP contribution < -0.4 is 28.6 Å². The molecule has 1 aliphatic rings. The van der Waals surface area contributed by atoms with Crippen molar-refractivity contribution in [3.05, 3.63) is 107 Å². The van der Waals surface area contributed by atoms with Crippen LogP contribution in [0.4, 0.5) is 5.69 Å². The van der Waals surface area contributed by atoms with Crippen molar-refractivity contribution in [3.8, 4) is 23.0 Å². The third-order valence-corrected chi connectivity index (χ3v) is 11.4. The maximum Gasteiger partial charge on any atom is 0.265 e. The number of sulfonamides is 1. The highest BCUT2D eigenvalue weighted by atomic mass is 35.5.